The number of phenols is 1. The maximum Gasteiger partial charge on any atom is 0.147 e. The van der Waals surface area contributed by atoms with Crippen LogP contribution in [0.5, 0.6) is 5.75 Å². The molecule has 3 nitrogen and oxygen atoms in total. The lowest BCUT2D eigenvalue weighted by Gasteiger charge is -1.94. The summed E-state index contributed by atoms with van der Waals surface area (Å²) in [4.78, 5) is 0. The maximum absolute atomic E-state index is 9.17. The molecule has 0 spiro atoms. The predicted octanol–water partition coefficient (Wildman–Crippen LogP) is 2.79. The number of benzene rings is 1. The first-order valence-electron chi connectivity index (χ1n) is 4.96. The molecule has 1 aromatic carbocycles. The summed E-state index contributed by atoms with van der Waals surface area (Å²) in [7, 11) is 0. The minimum Gasteiger partial charge on any atom is -0.508 e. The molecule has 1 N–H and O–H groups in total. The number of nitrogens with zero attached hydrogens (tertiary/aromatic N) is 2. The van der Waals surface area contributed by atoms with E-state index in [0.717, 1.165) is 15.6 Å². The molecule has 76 valence electrons. The van der Waals surface area contributed by atoms with Crippen LogP contribution in [0.1, 0.15) is 23.8 Å². The lowest BCUT2D eigenvalue weighted by molar-refractivity contribution is 0.475. The minimum absolute atomic E-state index is 0.283. The quantitative estimate of drug-likeness (QED) is 0.843. The molecule has 3 rings (SSSR count). The monoisotopic (exact) mass is 218 g/mol. The fourth-order valence-electron chi connectivity index (χ4n) is 1.45. The first-order chi connectivity index (χ1) is 7.33. The molecule has 1 aliphatic rings. The number of aromatic nitrogens is 2. The van der Waals surface area contributed by atoms with Crippen LogP contribution in [0.3, 0.4) is 0 Å². The molecular formula is C11H10N2OS. The van der Waals surface area contributed by atoms with Crippen molar-refractivity contribution in [2.24, 2.45) is 0 Å². The second-order valence-electron chi connectivity index (χ2n) is 3.77. The van der Waals surface area contributed by atoms with Gasteiger partial charge in [-0.05, 0) is 37.1 Å². The highest BCUT2D eigenvalue weighted by Gasteiger charge is 2.27. The number of phenolic OH excluding ortho intramolecular Hbond substituents is 1. The van der Waals surface area contributed by atoms with Gasteiger partial charge in [0.05, 0.1) is 0 Å². The smallest absolute Gasteiger partial charge is 0.147 e. The first-order valence-corrected chi connectivity index (χ1v) is 5.77. The van der Waals surface area contributed by atoms with Gasteiger partial charge in [0.15, 0.2) is 0 Å². The van der Waals surface area contributed by atoms with E-state index in [0.29, 0.717) is 5.92 Å². The summed E-state index contributed by atoms with van der Waals surface area (Å²) in [5.74, 6) is 0.944. The summed E-state index contributed by atoms with van der Waals surface area (Å²) in [6, 6.07) is 7.08. The van der Waals surface area contributed by atoms with Crippen molar-refractivity contribution >= 4 is 11.3 Å². The summed E-state index contributed by atoms with van der Waals surface area (Å²) in [5.41, 5.74) is 1.03. The topological polar surface area (TPSA) is 46.0 Å². The average molecular weight is 218 g/mol. The van der Waals surface area contributed by atoms with Gasteiger partial charge in [0.1, 0.15) is 15.8 Å². The van der Waals surface area contributed by atoms with Crippen LogP contribution in [0.25, 0.3) is 10.6 Å². The van der Waals surface area contributed by atoms with Gasteiger partial charge >= 0.3 is 0 Å². The summed E-state index contributed by atoms with van der Waals surface area (Å²) in [6.07, 6.45) is 2.51. The summed E-state index contributed by atoms with van der Waals surface area (Å²) < 4.78 is 0. The van der Waals surface area contributed by atoms with Crippen LogP contribution >= 0.6 is 11.3 Å². The molecule has 2 aromatic rings. The standard InChI is InChI=1S/C11H10N2OS/c14-9-5-3-8(4-6-9)11-13-12-10(15-11)7-1-2-7/h3-7,14H,1-2H2. The fourth-order valence-corrected chi connectivity index (χ4v) is 2.47. The molecule has 1 fully saturated rings. The van der Waals surface area contributed by atoms with E-state index in [4.69, 9.17) is 0 Å². The Hall–Kier alpha value is -1.42. The predicted molar refractivity (Wildman–Crippen MR) is 59.0 cm³/mol. The SMILES string of the molecule is Oc1ccc(-c2nnc(C3CC3)s2)cc1. The van der Waals surface area contributed by atoms with E-state index in [1.807, 2.05) is 12.1 Å². The van der Waals surface area contributed by atoms with E-state index >= 15 is 0 Å². The average Bonchev–Trinajstić information content (AvgIpc) is 2.99. The zero-order valence-corrected chi connectivity index (χ0v) is 8.87. The Bertz CT molecular complexity index is 474. The molecule has 0 atom stereocenters. The van der Waals surface area contributed by atoms with Gasteiger partial charge in [0.2, 0.25) is 0 Å². The zero-order valence-electron chi connectivity index (χ0n) is 8.05. The molecule has 0 unspecified atom stereocenters. The number of rotatable bonds is 2. The Balaban J connectivity index is 1.93. The van der Waals surface area contributed by atoms with Gasteiger partial charge < -0.3 is 5.11 Å². The van der Waals surface area contributed by atoms with Crippen LogP contribution < -0.4 is 0 Å². The van der Waals surface area contributed by atoms with E-state index in [1.165, 1.54) is 12.8 Å². The van der Waals surface area contributed by atoms with Crippen molar-refractivity contribution in [2.75, 3.05) is 0 Å². The van der Waals surface area contributed by atoms with Crippen LogP contribution in [0.4, 0.5) is 0 Å². The number of aromatic hydroxyl groups is 1. The molecule has 0 amide bonds. The second kappa shape index (κ2) is 3.31. The lowest BCUT2D eigenvalue weighted by Crippen LogP contribution is -1.76. The van der Waals surface area contributed by atoms with Crippen LogP contribution in [0.15, 0.2) is 24.3 Å². The van der Waals surface area contributed by atoms with Gasteiger partial charge in [0.25, 0.3) is 0 Å². The largest absolute Gasteiger partial charge is 0.508 e. The van der Waals surface area contributed by atoms with Crippen molar-refractivity contribution in [1.29, 1.82) is 0 Å². The Morgan fingerprint density at radius 1 is 1.13 bits per heavy atom. The molecule has 1 saturated carbocycles. The molecule has 0 bridgehead atoms. The Kier molecular flexibility index (Phi) is 1.95. The molecule has 0 radical (unpaired) electrons. The second-order valence-corrected chi connectivity index (χ2v) is 4.78. The van der Waals surface area contributed by atoms with Crippen molar-refractivity contribution in [3.63, 3.8) is 0 Å². The minimum atomic E-state index is 0.283. The first kappa shape index (κ1) is 8.85. The van der Waals surface area contributed by atoms with Crippen LogP contribution in [-0.4, -0.2) is 15.3 Å². The summed E-state index contributed by atoms with van der Waals surface area (Å²) in [6.45, 7) is 0. The van der Waals surface area contributed by atoms with Crippen molar-refractivity contribution in [3.05, 3.63) is 29.3 Å². The highest BCUT2D eigenvalue weighted by atomic mass is 32.1. The third kappa shape index (κ3) is 1.72. The third-order valence-electron chi connectivity index (χ3n) is 2.48. The van der Waals surface area contributed by atoms with E-state index in [-0.39, 0.29) is 5.75 Å². The highest BCUT2D eigenvalue weighted by molar-refractivity contribution is 7.14. The zero-order chi connectivity index (χ0) is 10.3. The van der Waals surface area contributed by atoms with Gasteiger partial charge in [-0.3, -0.25) is 0 Å². The van der Waals surface area contributed by atoms with Crippen molar-refractivity contribution in [3.8, 4) is 16.3 Å². The van der Waals surface area contributed by atoms with Crippen LogP contribution in [0, 0.1) is 0 Å². The van der Waals surface area contributed by atoms with Gasteiger partial charge in [-0.25, -0.2) is 0 Å². The van der Waals surface area contributed by atoms with Crippen molar-refractivity contribution in [2.45, 2.75) is 18.8 Å². The van der Waals surface area contributed by atoms with Crippen LogP contribution in [0.2, 0.25) is 0 Å². The Morgan fingerprint density at radius 3 is 2.53 bits per heavy atom. The van der Waals surface area contributed by atoms with E-state index < -0.39 is 0 Å². The molecular weight excluding hydrogens is 208 g/mol. The van der Waals surface area contributed by atoms with Gasteiger partial charge in [-0.2, -0.15) is 0 Å². The molecule has 1 aliphatic carbocycles. The number of hydrogen-bond donors (Lipinski definition) is 1. The van der Waals surface area contributed by atoms with E-state index in [9.17, 15) is 5.11 Å². The normalized spacial score (nSPS) is 15.5. The summed E-state index contributed by atoms with van der Waals surface area (Å²) >= 11 is 1.66. The molecule has 1 aromatic heterocycles. The van der Waals surface area contributed by atoms with E-state index in [2.05, 4.69) is 10.2 Å². The van der Waals surface area contributed by atoms with Crippen LogP contribution in [-0.2, 0) is 0 Å². The fraction of sp³-hybridized carbons (Fsp3) is 0.273. The van der Waals surface area contributed by atoms with E-state index in [1.54, 1.807) is 23.5 Å². The van der Waals surface area contributed by atoms with Gasteiger partial charge in [-0.15, -0.1) is 10.2 Å². The highest BCUT2D eigenvalue weighted by Crippen LogP contribution is 2.42. The molecule has 15 heavy (non-hydrogen) atoms. The van der Waals surface area contributed by atoms with Gasteiger partial charge in [-0.1, -0.05) is 11.3 Å². The molecule has 0 aliphatic heterocycles. The third-order valence-corrected chi connectivity index (χ3v) is 3.62. The molecule has 1 heterocycles. The Labute approximate surface area is 91.4 Å². The molecule has 0 saturated heterocycles. The van der Waals surface area contributed by atoms with Gasteiger partial charge in [0, 0.05) is 11.5 Å². The maximum atomic E-state index is 9.17. The summed E-state index contributed by atoms with van der Waals surface area (Å²) in [5, 5.41) is 19.6. The molecule has 4 heteroatoms. The van der Waals surface area contributed by atoms with Crippen molar-refractivity contribution in [1.82, 2.24) is 10.2 Å². The van der Waals surface area contributed by atoms with Crippen molar-refractivity contribution < 1.29 is 5.11 Å². The Morgan fingerprint density at radius 2 is 1.87 bits per heavy atom. The number of hydrogen-bond acceptors (Lipinski definition) is 4. The lowest BCUT2D eigenvalue weighted by atomic mass is 10.2.